The molecule has 0 rings (SSSR count). The Morgan fingerprint density at radius 2 is 1.50 bits per heavy atom. The third-order valence-electron chi connectivity index (χ3n) is 1.44. The summed E-state index contributed by atoms with van der Waals surface area (Å²) in [7, 11) is -3.59. The highest BCUT2D eigenvalue weighted by molar-refractivity contribution is 7.86. The van der Waals surface area contributed by atoms with Gasteiger partial charge in [0.05, 0.1) is 6.26 Å². The van der Waals surface area contributed by atoms with E-state index in [0.29, 0.717) is 19.6 Å². The second-order valence-corrected chi connectivity index (χ2v) is 4.26. The first kappa shape index (κ1) is 13.8. The predicted molar refractivity (Wildman–Crippen MR) is 52.2 cm³/mol. The summed E-state index contributed by atoms with van der Waals surface area (Å²) in [5.74, 6) is -1.46. The standard InChI is InChI=1S/C8H18O5S/c1-5-8(11-6-2,12-7-3)13-14(4,9)10/h5-7H2,1-4H3. The van der Waals surface area contributed by atoms with Crippen molar-refractivity contribution >= 4 is 10.1 Å². The molecule has 0 amide bonds. The van der Waals surface area contributed by atoms with Gasteiger partial charge in [-0.15, -0.1) is 0 Å². The summed E-state index contributed by atoms with van der Waals surface area (Å²) in [6, 6.07) is 0. The number of rotatable bonds is 7. The van der Waals surface area contributed by atoms with Gasteiger partial charge in [-0.3, -0.25) is 0 Å². The van der Waals surface area contributed by atoms with Gasteiger partial charge in [-0.1, -0.05) is 6.92 Å². The molecule has 86 valence electrons. The van der Waals surface area contributed by atoms with Gasteiger partial charge in [0.2, 0.25) is 0 Å². The molecule has 0 aliphatic rings. The molecule has 5 nitrogen and oxygen atoms in total. The van der Waals surface area contributed by atoms with E-state index in [9.17, 15) is 8.42 Å². The van der Waals surface area contributed by atoms with E-state index in [0.717, 1.165) is 6.26 Å². The van der Waals surface area contributed by atoms with E-state index >= 15 is 0 Å². The summed E-state index contributed by atoms with van der Waals surface area (Å²) in [6.45, 7) is 5.87. The van der Waals surface area contributed by atoms with Crippen LogP contribution < -0.4 is 0 Å². The zero-order chi connectivity index (χ0) is 11.2. The van der Waals surface area contributed by atoms with Crippen molar-refractivity contribution in [3.63, 3.8) is 0 Å². The first-order valence-electron chi connectivity index (χ1n) is 4.57. The largest absolute Gasteiger partial charge is 0.327 e. The molecule has 0 fully saturated rings. The maximum absolute atomic E-state index is 11.0. The Bertz CT molecular complexity index is 240. The average molecular weight is 226 g/mol. The van der Waals surface area contributed by atoms with Crippen LogP contribution in [0, 0.1) is 0 Å². The Hall–Kier alpha value is -0.170. The van der Waals surface area contributed by atoms with E-state index in [1.807, 2.05) is 0 Å². The molecule has 0 aromatic heterocycles. The maximum Gasteiger partial charge on any atom is 0.297 e. The fourth-order valence-corrected chi connectivity index (χ4v) is 1.70. The SMILES string of the molecule is CCOC(CC)(OCC)OS(C)(=O)=O. The Morgan fingerprint density at radius 3 is 1.71 bits per heavy atom. The predicted octanol–water partition coefficient (Wildman–Crippen LogP) is 1.10. The minimum absolute atomic E-state index is 0.307. The number of hydrogen-bond donors (Lipinski definition) is 0. The van der Waals surface area contributed by atoms with Crippen LogP contribution in [0.3, 0.4) is 0 Å². The van der Waals surface area contributed by atoms with Crippen LogP contribution in [-0.2, 0) is 23.8 Å². The molecular weight excluding hydrogens is 208 g/mol. The van der Waals surface area contributed by atoms with Crippen LogP contribution >= 0.6 is 0 Å². The van der Waals surface area contributed by atoms with E-state index < -0.39 is 16.1 Å². The van der Waals surface area contributed by atoms with Gasteiger partial charge < -0.3 is 9.47 Å². The zero-order valence-corrected chi connectivity index (χ0v) is 9.89. The third-order valence-corrected chi connectivity index (χ3v) is 2.00. The molecule has 14 heavy (non-hydrogen) atoms. The van der Waals surface area contributed by atoms with Gasteiger partial charge in [-0.2, -0.15) is 8.42 Å². The molecule has 0 atom stereocenters. The normalized spacial score (nSPS) is 13.1. The van der Waals surface area contributed by atoms with Crippen LogP contribution in [0.1, 0.15) is 27.2 Å². The molecule has 6 heteroatoms. The second-order valence-electron chi connectivity index (χ2n) is 2.69. The quantitative estimate of drug-likeness (QED) is 0.480. The summed E-state index contributed by atoms with van der Waals surface area (Å²) in [5.41, 5.74) is 0. The maximum atomic E-state index is 11.0. The Balaban J connectivity index is 4.65. The minimum Gasteiger partial charge on any atom is -0.327 e. The van der Waals surface area contributed by atoms with Crippen molar-refractivity contribution in [1.82, 2.24) is 0 Å². The summed E-state index contributed by atoms with van der Waals surface area (Å²) >= 11 is 0. The molecule has 0 aromatic carbocycles. The highest BCUT2D eigenvalue weighted by Crippen LogP contribution is 2.21. The Morgan fingerprint density at radius 1 is 1.07 bits per heavy atom. The van der Waals surface area contributed by atoms with Crippen LogP contribution in [0.15, 0.2) is 0 Å². The lowest BCUT2D eigenvalue weighted by atomic mass is 10.4. The van der Waals surface area contributed by atoms with E-state index in [-0.39, 0.29) is 0 Å². The lowest BCUT2D eigenvalue weighted by molar-refractivity contribution is -0.339. The van der Waals surface area contributed by atoms with Crippen molar-refractivity contribution in [3.05, 3.63) is 0 Å². The molecule has 0 aliphatic carbocycles. The van der Waals surface area contributed by atoms with E-state index in [2.05, 4.69) is 0 Å². The molecule has 0 unspecified atom stereocenters. The summed E-state index contributed by atoms with van der Waals surface area (Å²) in [4.78, 5) is 0. The minimum atomic E-state index is -3.59. The molecule has 0 N–H and O–H groups in total. The fraction of sp³-hybridized carbons (Fsp3) is 1.00. The first-order valence-corrected chi connectivity index (χ1v) is 6.39. The molecule has 0 saturated carbocycles. The lowest BCUT2D eigenvalue weighted by Crippen LogP contribution is -2.40. The average Bonchev–Trinajstić information content (AvgIpc) is 2.02. The fourth-order valence-electron chi connectivity index (χ4n) is 1.02. The van der Waals surface area contributed by atoms with Gasteiger partial charge in [0.25, 0.3) is 16.1 Å². The monoisotopic (exact) mass is 226 g/mol. The lowest BCUT2D eigenvalue weighted by Gasteiger charge is -2.29. The third kappa shape index (κ3) is 4.90. The van der Waals surface area contributed by atoms with Crippen molar-refractivity contribution in [3.8, 4) is 0 Å². The van der Waals surface area contributed by atoms with E-state index in [4.69, 9.17) is 13.7 Å². The topological polar surface area (TPSA) is 61.8 Å². The Kier molecular flexibility index (Phi) is 5.58. The Labute approximate surface area is 85.5 Å². The highest BCUT2D eigenvalue weighted by Gasteiger charge is 2.35. The van der Waals surface area contributed by atoms with Crippen LogP contribution in [0.25, 0.3) is 0 Å². The molecule has 0 spiro atoms. The summed E-state index contributed by atoms with van der Waals surface area (Å²) in [6.07, 6.45) is 1.28. The molecular formula is C8H18O5S. The van der Waals surface area contributed by atoms with Gasteiger partial charge >= 0.3 is 0 Å². The number of ether oxygens (including phenoxy) is 2. The first-order chi connectivity index (χ1) is 6.39. The van der Waals surface area contributed by atoms with Gasteiger partial charge in [0.1, 0.15) is 0 Å². The van der Waals surface area contributed by atoms with Gasteiger partial charge in [-0.05, 0) is 13.8 Å². The molecule has 0 heterocycles. The van der Waals surface area contributed by atoms with E-state index in [1.165, 1.54) is 0 Å². The second kappa shape index (κ2) is 5.65. The molecule has 0 saturated heterocycles. The van der Waals surface area contributed by atoms with Crippen LogP contribution in [0.4, 0.5) is 0 Å². The van der Waals surface area contributed by atoms with E-state index in [1.54, 1.807) is 20.8 Å². The molecule has 0 bridgehead atoms. The van der Waals surface area contributed by atoms with Gasteiger partial charge in [0.15, 0.2) is 0 Å². The van der Waals surface area contributed by atoms with Crippen molar-refractivity contribution in [2.24, 2.45) is 0 Å². The van der Waals surface area contributed by atoms with Gasteiger partial charge in [-0.25, -0.2) is 4.18 Å². The molecule has 0 aliphatic heterocycles. The van der Waals surface area contributed by atoms with Gasteiger partial charge in [0, 0.05) is 19.6 Å². The van der Waals surface area contributed by atoms with Crippen molar-refractivity contribution in [2.75, 3.05) is 19.5 Å². The van der Waals surface area contributed by atoms with Crippen molar-refractivity contribution < 1.29 is 22.1 Å². The van der Waals surface area contributed by atoms with Crippen molar-refractivity contribution in [1.29, 1.82) is 0 Å². The van der Waals surface area contributed by atoms with Crippen molar-refractivity contribution in [2.45, 2.75) is 33.2 Å². The highest BCUT2D eigenvalue weighted by atomic mass is 32.2. The summed E-state index contributed by atoms with van der Waals surface area (Å²) in [5, 5.41) is 0. The smallest absolute Gasteiger partial charge is 0.297 e. The van der Waals surface area contributed by atoms with Crippen LogP contribution in [-0.4, -0.2) is 33.9 Å². The van der Waals surface area contributed by atoms with Crippen LogP contribution in [0.2, 0.25) is 0 Å². The van der Waals surface area contributed by atoms with Crippen LogP contribution in [0.5, 0.6) is 0 Å². The zero-order valence-electron chi connectivity index (χ0n) is 9.07. The summed E-state index contributed by atoms with van der Waals surface area (Å²) < 4.78 is 37.1. The molecule has 0 aromatic rings. The number of hydrogen-bond acceptors (Lipinski definition) is 5. The molecule has 0 radical (unpaired) electrons.